The van der Waals surface area contributed by atoms with Crippen molar-refractivity contribution in [3.05, 3.63) is 33.4 Å². The van der Waals surface area contributed by atoms with Crippen LogP contribution in [0.25, 0.3) is 0 Å². The first-order chi connectivity index (χ1) is 8.29. The van der Waals surface area contributed by atoms with Crippen LogP contribution in [0.15, 0.2) is 17.0 Å². The van der Waals surface area contributed by atoms with E-state index < -0.39 is 14.9 Å². The number of aryl methyl sites for hydroxylation is 1. The van der Waals surface area contributed by atoms with Gasteiger partial charge in [-0.3, -0.25) is 10.1 Å². The minimum absolute atomic E-state index is 0.0809. The monoisotopic (exact) mass is 273 g/mol. The van der Waals surface area contributed by atoms with Gasteiger partial charge < -0.3 is 5.73 Å². The van der Waals surface area contributed by atoms with E-state index in [1.54, 1.807) is 13.8 Å². The second kappa shape index (κ2) is 5.42. The molecule has 0 fully saturated rings. The number of nitro benzene ring substituents is 1. The summed E-state index contributed by atoms with van der Waals surface area (Å²) < 4.78 is 26.2. The van der Waals surface area contributed by atoms with E-state index >= 15 is 0 Å². The van der Waals surface area contributed by atoms with Gasteiger partial charge in [-0.15, -0.1) is 0 Å². The quantitative estimate of drug-likeness (QED) is 0.597. The second-order valence-corrected chi connectivity index (χ2v) is 5.56. The SMILES string of the molecule is Cc1cc([N+](=O)[O-])cc(S(=O)(=O)NCCN)c1C. The first-order valence-corrected chi connectivity index (χ1v) is 6.73. The summed E-state index contributed by atoms with van der Waals surface area (Å²) in [6.07, 6.45) is 0. The first-order valence-electron chi connectivity index (χ1n) is 5.25. The normalized spacial score (nSPS) is 11.5. The molecule has 1 aromatic rings. The van der Waals surface area contributed by atoms with Crippen molar-refractivity contribution in [2.75, 3.05) is 13.1 Å². The van der Waals surface area contributed by atoms with Gasteiger partial charge in [-0.2, -0.15) is 0 Å². The summed E-state index contributed by atoms with van der Waals surface area (Å²) in [6, 6.07) is 2.40. The topological polar surface area (TPSA) is 115 Å². The average Bonchev–Trinajstić information content (AvgIpc) is 2.29. The van der Waals surface area contributed by atoms with Crippen molar-refractivity contribution in [3.8, 4) is 0 Å². The summed E-state index contributed by atoms with van der Waals surface area (Å²) >= 11 is 0. The molecule has 0 atom stereocenters. The Hall–Kier alpha value is -1.51. The summed E-state index contributed by atoms with van der Waals surface area (Å²) in [5.41, 5.74) is 6.02. The number of non-ortho nitro benzene ring substituents is 1. The molecule has 0 saturated heterocycles. The Labute approximate surface area is 105 Å². The lowest BCUT2D eigenvalue weighted by atomic mass is 10.1. The molecular weight excluding hydrogens is 258 g/mol. The molecule has 1 aromatic carbocycles. The lowest BCUT2D eigenvalue weighted by Gasteiger charge is -2.10. The van der Waals surface area contributed by atoms with Gasteiger partial charge in [0, 0.05) is 25.2 Å². The van der Waals surface area contributed by atoms with Crippen molar-refractivity contribution in [1.29, 1.82) is 0 Å². The van der Waals surface area contributed by atoms with Crippen LogP contribution in [-0.4, -0.2) is 26.4 Å². The second-order valence-electron chi connectivity index (χ2n) is 3.83. The largest absolute Gasteiger partial charge is 0.329 e. The molecule has 0 unspecified atom stereocenters. The predicted octanol–water partition coefficient (Wildman–Crippen LogP) is 0.449. The number of sulfonamides is 1. The summed E-state index contributed by atoms with van der Waals surface area (Å²) in [5, 5.41) is 10.7. The molecule has 1 rings (SSSR count). The van der Waals surface area contributed by atoms with Gasteiger partial charge >= 0.3 is 0 Å². The van der Waals surface area contributed by atoms with Crippen molar-refractivity contribution in [2.45, 2.75) is 18.7 Å². The van der Waals surface area contributed by atoms with Crippen LogP contribution in [0.1, 0.15) is 11.1 Å². The van der Waals surface area contributed by atoms with Gasteiger partial charge in [-0.25, -0.2) is 13.1 Å². The maximum absolute atomic E-state index is 11.9. The van der Waals surface area contributed by atoms with Crippen molar-refractivity contribution in [1.82, 2.24) is 4.72 Å². The number of nitrogens with one attached hydrogen (secondary N) is 1. The number of nitrogens with zero attached hydrogens (tertiary/aromatic N) is 1. The summed E-state index contributed by atoms with van der Waals surface area (Å²) in [5.74, 6) is 0. The molecule has 0 saturated carbocycles. The third kappa shape index (κ3) is 3.03. The Balaban J connectivity index is 3.35. The maximum Gasteiger partial charge on any atom is 0.271 e. The van der Waals surface area contributed by atoms with Gasteiger partial charge in [0.1, 0.15) is 0 Å². The summed E-state index contributed by atoms with van der Waals surface area (Å²) in [6.45, 7) is 3.48. The average molecular weight is 273 g/mol. The summed E-state index contributed by atoms with van der Waals surface area (Å²) in [7, 11) is -3.77. The van der Waals surface area contributed by atoms with Crippen LogP contribution in [0.4, 0.5) is 5.69 Å². The lowest BCUT2D eigenvalue weighted by molar-refractivity contribution is -0.385. The lowest BCUT2D eigenvalue weighted by Crippen LogP contribution is -2.29. The van der Waals surface area contributed by atoms with E-state index in [9.17, 15) is 18.5 Å². The highest BCUT2D eigenvalue weighted by molar-refractivity contribution is 7.89. The van der Waals surface area contributed by atoms with E-state index in [1.165, 1.54) is 6.07 Å². The molecule has 0 aromatic heterocycles. The molecule has 0 heterocycles. The maximum atomic E-state index is 11.9. The zero-order chi connectivity index (χ0) is 13.9. The summed E-state index contributed by atoms with van der Waals surface area (Å²) in [4.78, 5) is 10.0. The van der Waals surface area contributed by atoms with Crippen molar-refractivity contribution in [3.63, 3.8) is 0 Å². The van der Waals surface area contributed by atoms with Crippen LogP contribution in [0.5, 0.6) is 0 Å². The molecule has 18 heavy (non-hydrogen) atoms. The van der Waals surface area contributed by atoms with Crippen molar-refractivity contribution in [2.24, 2.45) is 5.73 Å². The molecule has 0 aliphatic carbocycles. The highest BCUT2D eigenvalue weighted by Crippen LogP contribution is 2.25. The van der Waals surface area contributed by atoms with Crippen LogP contribution < -0.4 is 10.5 Å². The smallest absolute Gasteiger partial charge is 0.271 e. The van der Waals surface area contributed by atoms with E-state index in [0.29, 0.717) is 11.1 Å². The van der Waals surface area contributed by atoms with E-state index in [2.05, 4.69) is 4.72 Å². The highest BCUT2D eigenvalue weighted by atomic mass is 32.2. The Morgan fingerprint density at radius 2 is 2.00 bits per heavy atom. The van der Waals surface area contributed by atoms with Crippen molar-refractivity contribution >= 4 is 15.7 Å². The first kappa shape index (κ1) is 14.6. The van der Waals surface area contributed by atoms with Gasteiger partial charge in [0.2, 0.25) is 10.0 Å². The predicted molar refractivity (Wildman–Crippen MR) is 66.8 cm³/mol. The number of benzene rings is 1. The molecule has 0 radical (unpaired) electrons. The fourth-order valence-corrected chi connectivity index (χ4v) is 2.85. The molecule has 3 N–H and O–H groups in total. The van der Waals surface area contributed by atoms with Crippen LogP contribution in [-0.2, 0) is 10.0 Å². The van der Waals surface area contributed by atoms with Gasteiger partial charge in [-0.05, 0) is 25.0 Å². The number of nitrogens with two attached hydrogens (primary N) is 1. The molecule has 0 bridgehead atoms. The van der Waals surface area contributed by atoms with Crippen LogP contribution >= 0.6 is 0 Å². The third-order valence-electron chi connectivity index (χ3n) is 2.54. The van der Waals surface area contributed by atoms with Gasteiger partial charge in [0.25, 0.3) is 5.69 Å². The van der Waals surface area contributed by atoms with Gasteiger partial charge in [0.05, 0.1) is 9.82 Å². The molecule has 8 heteroatoms. The number of hydrogen-bond donors (Lipinski definition) is 2. The molecular formula is C10H15N3O4S. The third-order valence-corrected chi connectivity index (χ3v) is 4.13. The molecule has 0 amide bonds. The van der Waals surface area contributed by atoms with Gasteiger partial charge in [0.15, 0.2) is 0 Å². The zero-order valence-electron chi connectivity index (χ0n) is 10.1. The van der Waals surface area contributed by atoms with E-state index in [1.807, 2.05) is 0 Å². The minimum Gasteiger partial charge on any atom is -0.329 e. The zero-order valence-corrected chi connectivity index (χ0v) is 11.0. The number of hydrogen-bond acceptors (Lipinski definition) is 5. The Kier molecular flexibility index (Phi) is 4.38. The number of nitro groups is 1. The molecule has 0 spiro atoms. The molecule has 0 aliphatic rings. The standard InChI is InChI=1S/C10H15N3O4S/c1-7-5-9(13(14)15)6-10(8(7)2)18(16,17)12-4-3-11/h5-6,12H,3-4,11H2,1-2H3. The highest BCUT2D eigenvalue weighted by Gasteiger charge is 2.21. The molecule has 100 valence electrons. The Morgan fingerprint density at radius 3 is 2.50 bits per heavy atom. The van der Waals surface area contributed by atoms with Crippen molar-refractivity contribution < 1.29 is 13.3 Å². The van der Waals surface area contributed by atoms with E-state index in [4.69, 9.17) is 5.73 Å². The van der Waals surface area contributed by atoms with Crippen LogP contribution in [0.3, 0.4) is 0 Å². The van der Waals surface area contributed by atoms with Crippen LogP contribution in [0.2, 0.25) is 0 Å². The minimum atomic E-state index is -3.77. The number of rotatable bonds is 5. The van der Waals surface area contributed by atoms with E-state index in [0.717, 1.165) is 6.07 Å². The van der Waals surface area contributed by atoms with Gasteiger partial charge in [-0.1, -0.05) is 0 Å². The Bertz CT molecular complexity index is 569. The van der Waals surface area contributed by atoms with E-state index in [-0.39, 0.29) is 23.7 Å². The molecule has 0 aliphatic heterocycles. The fraction of sp³-hybridized carbons (Fsp3) is 0.400. The van der Waals surface area contributed by atoms with Crippen LogP contribution in [0, 0.1) is 24.0 Å². The fourth-order valence-electron chi connectivity index (χ4n) is 1.46. The Morgan fingerprint density at radius 1 is 1.39 bits per heavy atom. The molecule has 7 nitrogen and oxygen atoms in total.